The van der Waals surface area contributed by atoms with Crippen LogP contribution in [0.2, 0.25) is 0 Å². The van der Waals surface area contributed by atoms with Crippen molar-refractivity contribution < 1.29 is 4.79 Å². The molecule has 1 aromatic heterocycles. The molecule has 0 saturated carbocycles. The maximum Gasteiger partial charge on any atom is 0.246 e. The van der Waals surface area contributed by atoms with E-state index in [1.165, 1.54) is 51.4 Å². The Morgan fingerprint density at radius 1 is 0.963 bits per heavy atom. The van der Waals surface area contributed by atoms with Gasteiger partial charge in [0.15, 0.2) is 5.82 Å². The van der Waals surface area contributed by atoms with Crippen LogP contribution in [-0.4, -0.2) is 25.4 Å². The Kier molecular flexibility index (Phi) is 10.1. The Balaban J connectivity index is 1.76. The van der Waals surface area contributed by atoms with Crippen LogP contribution in [-0.2, 0) is 4.79 Å². The van der Waals surface area contributed by atoms with E-state index in [0.29, 0.717) is 12.2 Å². The maximum atomic E-state index is 12.0. The standard InChI is InChI=1S/C21H31ClN4O/c1-2-3-4-5-6-7-8-9-10-14-17-19(20(22)27)26-21(23-24-25-26)18-15-12-11-13-16-18/h11-13,15-16,19H,2-10,14,17H2,1H3. The molecule has 27 heavy (non-hydrogen) atoms. The van der Waals surface area contributed by atoms with Gasteiger partial charge >= 0.3 is 0 Å². The largest absolute Gasteiger partial charge is 0.279 e. The molecule has 0 amide bonds. The molecule has 148 valence electrons. The average molecular weight is 391 g/mol. The van der Waals surface area contributed by atoms with Crippen molar-refractivity contribution in [2.75, 3.05) is 0 Å². The lowest BCUT2D eigenvalue weighted by molar-refractivity contribution is -0.115. The molecule has 0 aliphatic heterocycles. The lowest BCUT2D eigenvalue weighted by Crippen LogP contribution is -2.18. The highest BCUT2D eigenvalue weighted by atomic mass is 35.5. The first-order valence-electron chi connectivity index (χ1n) is 10.3. The van der Waals surface area contributed by atoms with Gasteiger partial charge in [0.1, 0.15) is 6.04 Å². The van der Waals surface area contributed by atoms with Gasteiger partial charge in [0.2, 0.25) is 5.24 Å². The smallest absolute Gasteiger partial charge is 0.246 e. The minimum Gasteiger partial charge on any atom is -0.279 e. The van der Waals surface area contributed by atoms with E-state index < -0.39 is 11.3 Å². The fourth-order valence-electron chi connectivity index (χ4n) is 3.34. The van der Waals surface area contributed by atoms with E-state index in [-0.39, 0.29) is 0 Å². The normalized spacial score (nSPS) is 12.2. The first-order chi connectivity index (χ1) is 13.2. The molecule has 0 aliphatic carbocycles. The monoisotopic (exact) mass is 390 g/mol. The lowest BCUT2D eigenvalue weighted by Gasteiger charge is -2.14. The van der Waals surface area contributed by atoms with Crippen molar-refractivity contribution in [1.82, 2.24) is 20.2 Å². The zero-order valence-corrected chi connectivity index (χ0v) is 17.1. The fourth-order valence-corrected chi connectivity index (χ4v) is 3.54. The number of halogens is 1. The molecule has 0 radical (unpaired) electrons. The lowest BCUT2D eigenvalue weighted by atomic mass is 10.0. The van der Waals surface area contributed by atoms with Crippen molar-refractivity contribution in [3.05, 3.63) is 30.3 Å². The number of hydrogen-bond acceptors (Lipinski definition) is 4. The van der Waals surface area contributed by atoms with E-state index in [2.05, 4.69) is 22.4 Å². The van der Waals surface area contributed by atoms with Crippen LogP contribution in [0.15, 0.2) is 30.3 Å². The van der Waals surface area contributed by atoms with E-state index in [1.54, 1.807) is 4.68 Å². The van der Waals surface area contributed by atoms with Gasteiger partial charge < -0.3 is 0 Å². The second kappa shape index (κ2) is 12.6. The molecule has 0 N–H and O–H groups in total. The van der Waals surface area contributed by atoms with Gasteiger partial charge in [0.25, 0.3) is 0 Å². The van der Waals surface area contributed by atoms with E-state index in [9.17, 15) is 4.79 Å². The van der Waals surface area contributed by atoms with Gasteiger partial charge in [-0.1, -0.05) is 101 Å². The third kappa shape index (κ3) is 7.41. The number of benzene rings is 1. The summed E-state index contributed by atoms with van der Waals surface area (Å²) in [7, 11) is 0. The summed E-state index contributed by atoms with van der Waals surface area (Å²) >= 11 is 5.86. The topological polar surface area (TPSA) is 60.7 Å². The van der Waals surface area contributed by atoms with E-state index >= 15 is 0 Å². The van der Waals surface area contributed by atoms with Crippen LogP contribution >= 0.6 is 11.6 Å². The van der Waals surface area contributed by atoms with Crippen LogP contribution in [0, 0.1) is 0 Å². The van der Waals surface area contributed by atoms with E-state index in [0.717, 1.165) is 18.4 Å². The molecule has 1 heterocycles. The molecule has 5 nitrogen and oxygen atoms in total. The first-order valence-corrected chi connectivity index (χ1v) is 10.6. The van der Waals surface area contributed by atoms with Crippen molar-refractivity contribution >= 4 is 16.8 Å². The average Bonchev–Trinajstić information content (AvgIpc) is 3.16. The van der Waals surface area contributed by atoms with Crippen LogP contribution in [0.4, 0.5) is 0 Å². The Morgan fingerprint density at radius 2 is 1.56 bits per heavy atom. The third-order valence-electron chi connectivity index (χ3n) is 4.91. The Bertz CT molecular complexity index is 659. The van der Waals surface area contributed by atoms with Crippen LogP contribution < -0.4 is 0 Å². The SMILES string of the molecule is CCCCCCCCCCCCC(C(=O)Cl)n1nnnc1-c1ccccc1. The number of tetrazole rings is 1. The minimum absolute atomic E-state index is 0.407. The van der Waals surface area contributed by atoms with Crippen molar-refractivity contribution in [3.63, 3.8) is 0 Å². The molecule has 0 aliphatic rings. The molecule has 6 heteroatoms. The van der Waals surface area contributed by atoms with E-state index in [1.807, 2.05) is 30.3 Å². The highest BCUT2D eigenvalue weighted by Gasteiger charge is 2.23. The predicted molar refractivity (Wildman–Crippen MR) is 110 cm³/mol. The molecule has 1 unspecified atom stereocenters. The highest BCUT2D eigenvalue weighted by molar-refractivity contribution is 6.64. The summed E-state index contributed by atoms with van der Waals surface area (Å²) in [5.41, 5.74) is 0.883. The molecule has 1 atom stereocenters. The summed E-state index contributed by atoms with van der Waals surface area (Å²) in [5, 5.41) is 11.5. The number of aromatic nitrogens is 4. The number of nitrogens with zero attached hydrogens (tertiary/aromatic N) is 4. The van der Waals surface area contributed by atoms with Gasteiger partial charge in [0, 0.05) is 5.56 Å². The van der Waals surface area contributed by atoms with Crippen LogP contribution in [0.5, 0.6) is 0 Å². The quantitative estimate of drug-likeness (QED) is 0.295. The van der Waals surface area contributed by atoms with Crippen molar-refractivity contribution in [1.29, 1.82) is 0 Å². The molecule has 0 spiro atoms. The molecule has 0 saturated heterocycles. The van der Waals surface area contributed by atoms with Gasteiger partial charge in [-0.05, 0) is 28.4 Å². The molecule has 2 rings (SSSR count). The number of hydrogen-bond donors (Lipinski definition) is 0. The molecule has 1 aromatic carbocycles. The molecule has 0 fully saturated rings. The molecular weight excluding hydrogens is 360 g/mol. The number of unbranched alkanes of at least 4 members (excludes halogenated alkanes) is 9. The maximum absolute atomic E-state index is 12.0. The zero-order chi connectivity index (χ0) is 19.3. The van der Waals surface area contributed by atoms with Crippen molar-refractivity contribution in [3.8, 4) is 11.4 Å². The van der Waals surface area contributed by atoms with Crippen LogP contribution in [0.25, 0.3) is 11.4 Å². The van der Waals surface area contributed by atoms with Crippen molar-refractivity contribution in [2.45, 2.75) is 83.6 Å². The second-order valence-electron chi connectivity index (χ2n) is 7.10. The molecular formula is C21H31ClN4O. The molecule has 2 aromatic rings. The number of rotatable bonds is 14. The summed E-state index contributed by atoms with van der Waals surface area (Å²) < 4.78 is 1.57. The Labute approximate surface area is 167 Å². The number of carbonyl (C=O) groups excluding carboxylic acids is 1. The summed E-state index contributed by atoms with van der Waals surface area (Å²) in [4.78, 5) is 12.0. The van der Waals surface area contributed by atoms with E-state index in [4.69, 9.17) is 11.6 Å². The summed E-state index contributed by atoms with van der Waals surface area (Å²) in [5.74, 6) is 0.585. The van der Waals surface area contributed by atoms with Gasteiger partial charge in [-0.15, -0.1) is 5.10 Å². The van der Waals surface area contributed by atoms with Crippen molar-refractivity contribution in [2.24, 2.45) is 0 Å². The predicted octanol–water partition coefficient (Wildman–Crippen LogP) is 5.96. The fraction of sp³-hybridized carbons (Fsp3) is 0.619. The van der Waals surface area contributed by atoms with Crippen LogP contribution in [0.3, 0.4) is 0 Å². The van der Waals surface area contributed by atoms with Gasteiger partial charge in [-0.2, -0.15) is 0 Å². The summed E-state index contributed by atoms with van der Waals surface area (Å²) in [6.45, 7) is 2.25. The van der Waals surface area contributed by atoms with Crippen LogP contribution in [0.1, 0.15) is 83.6 Å². The Morgan fingerprint density at radius 3 is 2.15 bits per heavy atom. The number of carbonyl (C=O) groups is 1. The minimum atomic E-state index is -0.508. The van der Waals surface area contributed by atoms with Gasteiger partial charge in [-0.25, -0.2) is 4.68 Å². The second-order valence-corrected chi connectivity index (χ2v) is 7.48. The third-order valence-corrected chi connectivity index (χ3v) is 5.17. The highest BCUT2D eigenvalue weighted by Crippen LogP contribution is 2.24. The first kappa shape index (κ1) is 21.5. The zero-order valence-electron chi connectivity index (χ0n) is 16.3. The molecule has 0 bridgehead atoms. The van der Waals surface area contributed by atoms with Gasteiger partial charge in [-0.3, -0.25) is 4.79 Å². The summed E-state index contributed by atoms with van der Waals surface area (Å²) in [6, 6.07) is 9.14. The Hall–Kier alpha value is -1.75. The summed E-state index contributed by atoms with van der Waals surface area (Å²) in [6.07, 6.45) is 13.2. The van der Waals surface area contributed by atoms with Gasteiger partial charge in [0.05, 0.1) is 0 Å².